The molecule has 1 aliphatic heterocycles. The van der Waals surface area contributed by atoms with Crippen molar-refractivity contribution < 1.29 is 4.74 Å². The molecular formula is C11H22N2OS2. The summed E-state index contributed by atoms with van der Waals surface area (Å²) in [6.07, 6.45) is 5.38. The van der Waals surface area contributed by atoms with Crippen molar-refractivity contribution in [3.63, 3.8) is 0 Å². The van der Waals surface area contributed by atoms with E-state index in [0.717, 1.165) is 45.5 Å². The van der Waals surface area contributed by atoms with Gasteiger partial charge in [-0.1, -0.05) is 12.2 Å². The van der Waals surface area contributed by atoms with Crippen LogP contribution in [0.1, 0.15) is 19.3 Å². The first-order valence-electron chi connectivity index (χ1n) is 5.71. The molecule has 1 heterocycles. The minimum absolute atomic E-state index is 0.0487. The fraction of sp³-hybridized carbons (Fsp3) is 0.909. The van der Waals surface area contributed by atoms with Crippen molar-refractivity contribution in [3.05, 3.63) is 0 Å². The maximum atomic E-state index is 5.85. The van der Waals surface area contributed by atoms with Crippen molar-refractivity contribution in [2.75, 3.05) is 39.6 Å². The number of nitrogens with two attached hydrogens (primary N) is 1. The lowest BCUT2D eigenvalue weighted by molar-refractivity contribution is 0.159. The Morgan fingerprint density at radius 2 is 2.12 bits per heavy atom. The Hall–Kier alpha value is 0.160. The molecule has 0 amide bonds. The topological polar surface area (TPSA) is 38.5 Å². The zero-order valence-corrected chi connectivity index (χ0v) is 11.8. The summed E-state index contributed by atoms with van der Waals surface area (Å²) in [6, 6.07) is 0. The van der Waals surface area contributed by atoms with E-state index in [1.165, 1.54) is 0 Å². The highest BCUT2D eigenvalue weighted by Gasteiger charge is 2.36. The summed E-state index contributed by atoms with van der Waals surface area (Å²) in [5, 5.41) is 0. The number of ether oxygens (including phenoxy) is 1. The molecule has 16 heavy (non-hydrogen) atoms. The average molecular weight is 262 g/mol. The van der Waals surface area contributed by atoms with Crippen molar-refractivity contribution in [1.29, 1.82) is 0 Å². The predicted octanol–water partition coefficient (Wildman–Crippen LogP) is 1.51. The van der Waals surface area contributed by atoms with E-state index in [2.05, 4.69) is 11.2 Å². The molecule has 94 valence electrons. The normalized spacial score (nSPS) is 20.9. The first-order chi connectivity index (χ1) is 7.64. The van der Waals surface area contributed by atoms with Gasteiger partial charge >= 0.3 is 0 Å². The van der Waals surface area contributed by atoms with Crippen molar-refractivity contribution in [2.24, 2.45) is 5.73 Å². The molecule has 0 aromatic heterocycles. The number of thiocarbonyl (C=S) groups is 1. The molecule has 0 aliphatic carbocycles. The van der Waals surface area contributed by atoms with Crippen LogP contribution in [0.2, 0.25) is 0 Å². The summed E-state index contributed by atoms with van der Waals surface area (Å²) in [5.41, 5.74) is 5.85. The molecule has 1 aliphatic rings. The van der Waals surface area contributed by atoms with E-state index in [-0.39, 0.29) is 4.75 Å². The van der Waals surface area contributed by atoms with E-state index in [1.807, 2.05) is 11.8 Å². The number of hydrogen-bond acceptors (Lipinski definition) is 4. The molecule has 0 radical (unpaired) electrons. The van der Waals surface area contributed by atoms with Crippen LogP contribution in [-0.2, 0) is 4.74 Å². The second-order valence-corrected chi connectivity index (χ2v) is 5.88. The summed E-state index contributed by atoms with van der Waals surface area (Å²) in [6.45, 7) is 4.17. The molecule has 0 aromatic rings. The number of piperidine rings is 1. The number of methoxy groups -OCH3 is 1. The third-order valence-corrected chi connectivity index (χ3v) is 5.26. The van der Waals surface area contributed by atoms with Crippen LogP contribution in [0.15, 0.2) is 0 Å². The Bertz CT molecular complexity index is 228. The van der Waals surface area contributed by atoms with E-state index in [1.54, 1.807) is 7.11 Å². The Kier molecular flexibility index (Phi) is 6.03. The van der Waals surface area contributed by atoms with E-state index >= 15 is 0 Å². The molecule has 1 rings (SSSR count). The lowest BCUT2D eigenvalue weighted by Gasteiger charge is -2.40. The molecule has 0 spiro atoms. The molecule has 1 fully saturated rings. The first kappa shape index (κ1) is 14.2. The minimum atomic E-state index is 0.0487. The van der Waals surface area contributed by atoms with Gasteiger partial charge in [-0.2, -0.15) is 11.8 Å². The number of thioether (sulfide) groups is 1. The maximum Gasteiger partial charge on any atom is 0.0891 e. The molecule has 3 nitrogen and oxygen atoms in total. The lowest BCUT2D eigenvalue weighted by Crippen LogP contribution is -2.49. The third kappa shape index (κ3) is 3.58. The van der Waals surface area contributed by atoms with Crippen LogP contribution in [0.5, 0.6) is 0 Å². The molecule has 0 saturated carbocycles. The van der Waals surface area contributed by atoms with Gasteiger partial charge in [0.15, 0.2) is 0 Å². The van der Waals surface area contributed by atoms with Gasteiger partial charge in [0.05, 0.1) is 9.74 Å². The number of rotatable bonds is 6. The van der Waals surface area contributed by atoms with Crippen molar-refractivity contribution in [2.45, 2.75) is 24.0 Å². The fourth-order valence-electron chi connectivity index (χ4n) is 2.12. The first-order valence-corrected chi connectivity index (χ1v) is 7.34. The summed E-state index contributed by atoms with van der Waals surface area (Å²) in [7, 11) is 1.75. The van der Waals surface area contributed by atoms with Crippen LogP contribution in [0.3, 0.4) is 0 Å². The molecule has 0 atom stereocenters. The highest BCUT2D eigenvalue weighted by Crippen LogP contribution is 2.34. The van der Waals surface area contributed by atoms with Crippen molar-refractivity contribution in [3.8, 4) is 0 Å². The molecule has 5 heteroatoms. The second kappa shape index (κ2) is 6.79. The SMILES string of the molecule is COCCCN1CCC(SC)(C(N)=S)CC1. The van der Waals surface area contributed by atoms with Crippen LogP contribution in [0.25, 0.3) is 0 Å². The van der Waals surface area contributed by atoms with Gasteiger partial charge in [-0.25, -0.2) is 0 Å². The van der Waals surface area contributed by atoms with E-state index in [0.29, 0.717) is 4.99 Å². The van der Waals surface area contributed by atoms with E-state index in [4.69, 9.17) is 22.7 Å². The molecule has 1 saturated heterocycles. The van der Waals surface area contributed by atoms with Crippen molar-refractivity contribution >= 4 is 29.0 Å². The standard InChI is InChI=1S/C11H22N2OS2/c1-14-9-3-6-13-7-4-11(16-2,5-8-13)10(12)15/h3-9H2,1-2H3,(H2,12,15). The Morgan fingerprint density at radius 3 is 2.56 bits per heavy atom. The molecule has 0 unspecified atom stereocenters. The number of nitrogens with zero attached hydrogens (tertiary/aromatic N) is 1. The second-order valence-electron chi connectivity index (χ2n) is 4.25. The van der Waals surface area contributed by atoms with Crippen LogP contribution >= 0.6 is 24.0 Å². The number of likely N-dealkylation sites (tertiary alicyclic amines) is 1. The summed E-state index contributed by atoms with van der Waals surface area (Å²) < 4.78 is 5.11. The van der Waals surface area contributed by atoms with Gasteiger partial charge in [-0.05, 0) is 38.6 Å². The zero-order chi connectivity index (χ0) is 12.0. The fourth-order valence-corrected chi connectivity index (χ4v) is 3.37. The van der Waals surface area contributed by atoms with Gasteiger partial charge in [0, 0.05) is 20.3 Å². The van der Waals surface area contributed by atoms with E-state index < -0.39 is 0 Å². The predicted molar refractivity (Wildman–Crippen MR) is 75.2 cm³/mol. The highest BCUT2D eigenvalue weighted by atomic mass is 32.2. The summed E-state index contributed by atoms with van der Waals surface area (Å²) >= 11 is 7.00. The van der Waals surface area contributed by atoms with E-state index in [9.17, 15) is 0 Å². The number of hydrogen-bond donors (Lipinski definition) is 1. The van der Waals surface area contributed by atoms with Crippen LogP contribution in [0.4, 0.5) is 0 Å². The van der Waals surface area contributed by atoms with Gasteiger partial charge in [0.25, 0.3) is 0 Å². The van der Waals surface area contributed by atoms with Crippen LogP contribution in [0, 0.1) is 0 Å². The third-order valence-electron chi connectivity index (χ3n) is 3.33. The summed E-state index contributed by atoms with van der Waals surface area (Å²) in [5.74, 6) is 0. The van der Waals surface area contributed by atoms with Gasteiger partial charge in [-0.15, -0.1) is 0 Å². The largest absolute Gasteiger partial charge is 0.392 e. The molecule has 0 bridgehead atoms. The minimum Gasteiger partial charge on any atom is -0.392 e. The molecule has 2 N–H and O–H groups in total. The Labute approximate surface area is 108 Å². The monoisotopic (exact) mass is 262 g/mol. The molecule has 0 aromatic carbocycles. The van der Waals surface area contributed by atoms with Crippen molar-refractivity contribution in [1.82, 2.24) is 4.90 Å². The molecular weight excluding hydrogens is 240 g/mol. The smallest absolute Gasteiger partial charge is 0.0891 e. The van der Waals surface area contributed by atoms with Gasteiger partial charge in [0.1, 0.15) is 0 Å². The van der Waals surface area contributed by atoms with Gasteiger partial charge in [-0.3, -0.25) is 0 Å². The highest BCUT2D eigenvalue weighted by molar-refractivity contribution is 8.01. The van der Waals surface area contributed by atoms with Crippen LogP contribution in [-0.4, -0.2) is 54.2 Å². The van der Waals surface area contributed by atoms with Gasteiger partial charge < -0.3 is 15.4 Å². The maximum absolute atomic E-state index is 5.85. The van der Waals surface area contributed by atoms with Crippen LogP contribution < -0.4 is 5.73 Å². The zero-order valence-electron chi connectivity index (χ0n) is 10.2. The summed E-state index contributed by atoms with van der Waals surface area (Å²) in [4.78, 5) is 3.16. The average Bonchev–Trinajstić information content (AvgIpc) is 2.30. The Balaban J connectivity index is 2.35. The lowest BCUT2D eigenvalue weighted by atomic mass is 9.95. The quantitative estimate of drug-likeness (QED) is 0.580. The van der Waals surface area contributed by atoms with Gasteiger partial charge in [0.2, 0.25) is 0 Å². The Morgan fingerprint density at radius 1 is 1.50 bits per heavy atom.